The Labute approximate surface area is 210 Å². The lowest BCUT2D eigenvalue weighted by atomic mass is 9.89. The molecular formula is C29H39ClN2O2. The van der Waals surface area contributed by atoms with E-state index in [0.717, 1.165) is 37.7 Å². The zero-order chi connectivity index (χ0) is 24.4. The third-order valence-corrected chi connectivity index (χ3v) is 7.51. The SMILES string of the molecule is CC(C)(CCl)C(=O)N(CCC(=O)N(CCc1ccccc1)Cc1ccccc1)C1CCCCC1. The highest BCUT2D eigenvalue weighted by Gasteiger charge is 2.35. The van der Waals surface area contributed by atoms with Crippen LogP contribution in [0.15, 0.2) is 60.7 Å². The molecule has 0 unspecified atom stereocenters. The first kappa shape index (κ1) is 26.3. The minimum atomic E-state index is -0.626. The summed E-state index contributed by atoms with van der Waals surface area (Å²) in [6.45, 7) is 5.50. The molecule has 2 aromatic carbocycles. The van der Waals surface area contributed by atoms with Crippen LogP contribution in [-0.2, 0) is 22.6 Å². The van der Waals surface area contributed by atoms with Crippen LogP contribution in [0.25, 0.3) is 0 Å². The second-order valence-electron chi connectivity index (χ2n) is 10.1. The van der Waals surface area contributed by atoms with Gasteiger partial charge in [0.1, 0.15) is 0 Å². The minimum Gasteiger partial charge on any atom is -0.339 e. The Morgan fingerprint density at radius 1 is 0.882 bits per heavy atom. The lowest BCUT2D eigenvalue weighted by Gasteiger charge is -2.39. The Morgan fingerprint density at radius 3 is 2.06 bits per heavy atom. The number of rotatable bonds is 11. The molecule has 0 N–H and O–H groups in total. The molecule has 34 heavy (non-hydrogen) atoms. The second-order valence-corrected chi connectivity index (χ2v) is 10.4. The lowest BCUT2D eigenvalue weighted by Crippen LogP contribution is -2.49. The predicted molar refractivity (Wildman–Crippen MR) is 140 cm³/mol. The zero-order valence-corrected chi connectivity index (χ0v) is 21.5. The predicted octanol–water partition coefficient (Wildman–Crippen LogP) is 6.07. The molecule has 1 saturated carbocycles. The molecule has 0 spiro atoms. The molecule has 0 aliphatic heterocycles. The van der Waals surface area contributed by atoms with Gasteiger partial charge in [0.15, 0.2) is 0 Å². The summed E-state index contributed by atoms with van der Waals surface area (Å²) in [5.41, 5.74) is 1.71. The fourth-order valence-corrected chi connectivity index (χ4v) is 4.78. The number of alkyl halides is 1. The van der Waals surface area contributed by atoms with Crippen LogP contribution in [0.2, 0.25) is 0 Å². The van der Waals surface area contributed by atoms with Crippen molar-refractivity contribution in [2.24, 2.45) is 5.41 Å². The molecule has 2 aromatic rings. The van der Waals surface area contributed by atoms with E-state index >= 15 is 0 Å². The van der Waals surface area contributed by atoms with Crippen LogP contribution in [-0.4, -0.2) is 46.6 Å². The maximum Gasteiger partial charge on any atom is 0.229 e. The smallest absolute Gasteiger partial charge is 0.229 e. The molecule has 3 rings (SSSR count). The van der Waals surface area contributed by atoms with Gasteiger partial charge in [0.25, 0.3) is 0 Å². The fourth-order valence-electron chi connectivity index (χ4n) is 4.67. The van der Waals surface area contributed by atoms with E-state index in [1.165, 1.54) is 12.0 Å². The number of nitrogens with zero attached hydrogens (tertiary/aromatic N) is 2. The van der Waals surface area contributed by atoms with Crippen molar-refractivity contribution in [2.75, 3.05) is 19.0 Å². The monoisotopic (exact) mass is 482 g/mol. The standard InChI is InChI=1S/C29H39ClN2O2/c1-29(2,23-30)28(34)32(26-16-10-5-11-17-26)21-19-27(33)31(22-25-14-8-4-9-15-25)20-18-24-12-6-3-7-13-24/h3-4,6-9,12-15,26H,5,10-11,16-23H2,1-2H3. The fraction of sp³-hybridized carbons (Fsp3) is 0.517. The number of hydrogen-bond acceptors (Lipinski definition) is 2. The van der Waals surface area contributed by atoms with Crippen LogP contribution in [0.3, 0.4) is 0 Å². The van der Waals surface area contributed by atoms with Gasteiger partial charge < -0.3 is 9.80 Å². The molecule has 0 atom stereocenters. The Balaban J connectivity index is 1.70. The molecule has 4 nitrogen and oxygen atoms in total. The normalized spacial score (nSPS) is 14.6. The van der Waals surface area contributed by atoms with Gasteiger partial charge in [-0.05, 0) is 44.2 Å². The van der Waals surface area contributed by atoms with Crippen LogP contribution < -0.4 is 0 Å². The number of carbonyl (C=O) groups excluding carboxylic acids is 2. The number of benzene rings is 2. The zero-order valence-electron chi connectivity index (χ0n) is 20.7. The molecule has 0 bridgehead atoms. The molecule has 0 radical (unpaired) electrons. The molecular weight excluding hydrogens is 444 g/mol. The van der Waals surface area contributed by atoms with Crippen LogP contribution in [0, 0.1) is 5.41 Å². The van der Waals surface area contributed by atoms with E-state index in [-0.39, 0.29) is 23.7 Å². The van der Waals surface area contributed by atoms with Gasteiger partial charge in [0.05, 0.1) is 5.41 Å². The molecule has 0 aromatic heterocycles. The molecule has 1 fully saturated rings. The van der Waals surface area contributed by atoms with E-state index in [2.05, 4.69) is 24.3 Å². The van der Waals surface area contributed by atoms with Crippen molar-refractivity contribution in [1.29, 1.82) is 0 Å². The average molecular weight is 483 g/mol. The van der Waals surface area contributed by atoms with E-state index < -0.39 is 5.41 Å². The Hall–Kier alpha value is -2.33. The topological polar surface area (TPSA) is 40.6 Å². The molecule has 0 saturated heterocycles. The van der Waals surface area contributed by atoms with Crippen molar-refractivity contribution in [1.82, 2.24) is 9.80 Å². The summed E-state index contributed by atoms with van der Waals surface area (Å²) in [4.78, 5) is 30.8. The van der Waals surface area contributed by atoms with Crippen LogP contribution >= 0.6 is 11.6 Å². The molecule has 1 aliphatic carbocycles. The minimum absolute atomic E-state index is 0.0705. The highest BCUT2D eigenvalue weighted by atomic mass is 35.5. The van der Waals surface area contributed by atoms with Gasteiger partial charge in [-0.1, -0.05) is 79.9 Å². The Kier molecular flexibility index (Phi) is 10.0. The summed E-state index contributed by atoms with van der Waals surface area (Å²) < 4.78 is 0. The molecule has 5 heteroatoms. The van der Waals surface area contributed by atoms with Gasteiger partial charge in [0.2, 0.25) is 11.8 Å². The molecule has 184 valence electrons. The van der Waals surface area contributed by atoms with Gasteiger partial charge in [-0.3, -0.25) is 9.59 Å². The first-order chi connectivity index (χ1) is 16.4. The molecule has 0 heterocycles. The Bertz CT molecular complexity index is 895. The molecule has 2 amide bonds. The first-order valence-electron chi connectivity index (χ1n) is 12.6. The first-order valence-corrected chi connectivity index (χ1v) is 13.2. The van der Waals surface area contributed by atoms with Crippen molar-refractivity contribution >= 4 is 23.4 Å². The van der Waals surface area contributed by atoms with E-state index in [1.54, 1.807) is 0 Å². The average Bonchev–Trinajstić information content (AvgIpc) is 2.88. The van der Waals surface area contributed by atoms with Crippen molar-refractivity contribution in [2.45, 2.75) is 71.4 Å². The largest absolute Gasteiger partial charge is 0.339 e. The summed E-state index contributed by atoms with van der Waals surface area (Å²) >= 11 is 6.15. The molecule has 1 aliphatic rings. The van der Waals surface area contributed by atoms with Crippen LogP contribution in [0.4, 0.5) is 0 Å². The third kappa shape index (κ3) is 7.59. The van der Waals surface area contributed by atoms with Gasteiger partial charge in [-0.25, -0.2) is 0 Å². The Morgan fingerprint density at radius 2 is 1.47 bits per heavy atom. The van der Waals surface area contributed by atoms with E-state index in [9.17, 15) is 9.59 Å². The van der Waals surface area contributed by atoms with Crippen LogP contribution in [0.1, 0.15) is 63.5 Å². The van der Waals surface area contributed by atoms with Crippen molar-refractivity contribution in [3.63, 3.8) is 0 Å². The number of carbonyl (C=O) groups is 2. The highest BCUT2D eigenvalue weighted by molar-refractivity contribution is 6.19. The lowest BCUT2D eigenvalue weighted by molar-refractivity contribution is -0.143. The number of amides is 2. The summed E-state index contributed by atoms with van der Waals surface area (Å²) in [5.74, 6) is 0.443. The van der Waals surface area contributed by atoms with Crippen molar-refractivity contribution < 1.29 is 9.59 Å². The van der Waals surface area contributed by atoms with Crippen molar-refractivity contribution in [3.8, 4) is 0 Å². The summed E-state index contributed by atoms with van der Waals surface area (Å²) in [6, 6.07) is 20.6. The number of hydrogen-bond donors (Lipinski definition) is 0. The second kappa shape index (κ2) is 12.9. The maximum absolute atomic E-state index is 13.5. The van der Waals surface area contributed by atoms with E-state index in [4.69, 9.17) is 11.6 Å². The van der Waals surface area contributed by atoms with Crippen LogP contribution in [0.5, 0.6) is 0 Å². The van der Waals surface area contributed by atoms with Crippen molar-refractivity contribution in [3.05, 3.63) is 71.8 Å². The van der Waals surface area contributed by atoms with Gasteiger partial charge in [-0.15, -0.1) is 11.6 Å². The van der Waals surface area contributed by atoms with E-state index in [1.807, 2.05) is 60.0 Å². The maximum atomic E-state index is 13.5. The highest BCUT2D eigenvalue weighted by Crippen LogP contribution is 2.28. The van der Waals surface area contributed by atoms with Gasteiger partial charge >= 0.3 is 0 Å². The summed E-state index contributed by atoms with van der Waals surface area (Å²) in [5, 5.41) is 0. The van der Waals surface area contributed by atoms with Gasteiger partial charge in [-0.2, -0.15) is 0 Å². The quantitative estimate of drug-likeness (QED) is 0.364. The van der Waals surface area contributed by atoms with E-state index in [0.29, 0.717) is 26.1 Å². The summed E-state index contributed by atoms with van der Waals surface area (Å²) in [6.07, 6.45) is 6.68. The summed E-state index contributed by atoms with van der Waals surface area (Å²) in [7, 11) is 0. The van der Waals surface area contributed by atoms with Gasteiger partial charge in [0, 0.05) is 38.0 Å². The number of halogens is 1. The third-order valence-electron chi connectivity index (χ3n) is 6.84.